The maximum absolute atomic E-state index is 13.1. The van der Waals surface area contributed by atoms with E-state index in [1.807, 2.05) is 78.9 Å². The number of amides is 1. The topological polar surface area (TPSA) is 32.7 Å². The monoisotopic (exact) mass is 384 g/mol. The fourth-order valence-electron chi connectivity index (χ4n) is 2.92. The van der Waals surface area contributed by atoms with Crippen LogP contribution in [0.1, 0.15) is 16.7 Å². The highest BCUT2D eigenvalue weighted by atomic mass is 32.2. The molecule has 0 spiro atoms. The maximum Gasteiger partial charge on any atom is 0.267 e. The zero-order chi connectivity index (χ0) is 19.3. The fraction of sp³-hybridized carbons (Fsp3) is 0.0833. The molecule has 0 aromatic heterocycles. The van der Waals surface area contributed by atoms with Gasteiger partial charge in [-0.2, -0.15) is 0 Å². The second kappa shape index (κ2) is 8.28. The number of carbonyl (C=O) groups excluding carboxylic acids is 1. The molecule has 1 heterocycles. The number of amidine groups is 1. The highest BCUT2D eigenvalue weighted by Gasteiger charge is 2.33. The highest BCUT2D eigenvalue weighted by molar-refractivity contribution is 8.18. The first-order chi connectivity index (χ1) is 13.7. The Morgan fingerprint density at radius 2 is 1.54 bits per heavy atom. The van der Waals surface area contributed by atoms with E-state index < -0.39 is 0 Å². The molecule has 0 unspecified atom stereocenters. The maximum atomic E-state index is 13.1. The number of rotatable bonds is 4. The van der Waals surface area contributed by atoms with Crippen molar-refractivity contribution in [3.8, 4) is 0 Å². The SMILES string of the molecule is Cc1ccc(/C=C2\SC(=Nc3ccccc3)N(Cc3ccccc3)C2=O)cc1. The zero-order valence-corrected chi connectivity index (χ0v) is 16.4. The third-order valence-corrected chi connectivity index (χ3v) is 5.43. The average molecular weight is 385 g/mol. The summed E-state index contributed by atoms with van der Waals surface area (Å²) in [5.41, 5.74) is 4.13. The smallest absolute Gasteiger partial charge is 0.267 e. The van der Waals surface area contributed by atoms with Gasteiger partial charge in [0.05, 0.1) is 17.1 Å². The van der Waals surface area contributed by atoms with E-state index in [1.165, 1.54) is 17.3 Å². The number of nitrogens with zero attached hydrogens (tertiary/aromatic N) is 2. The lowest BCUT2D eigenvalue weighted by atomic mass is 10.1. The van der Waals surface area contributed by atoms with Crippen molar-refractivity contribution in [1.29, 1.82) is 0 Å². The minimum Gasteiger partial charge on any atom is -0.282 e. The lowest BCUT2D eigenvalue weighted by Crippen LogP contribution is -2.28. The van der Waals surface area contributed by atoms with E-state index in [0.29, 0.717) is 16.6 Å². The minimum absolute atomic E-state index is 0.0101. The average Bonchev–Trinajstić information content (AvgIpc) is 3.00. The van der Waals surface area contributed by atoms with Gasteiger partial charge in [0.25, 0.3) is 5.91 Å². The molecule has 0 N–H and O–H groups in total. The summed E-state index contributed by atoms with van der Waals surface area (Å²) < 4.78 is 0. The normalized spacial score (nSPS) is 16.9. The molecule has 138 valence electrons. The van der Waals surface area contributed by atoms with Crippen LogP contribution in [-0.4, -0.2) is 16.0 Å². The van der Waals surface area contributed by atoms with Gasteiger partial charge in [-0.15, -0.1) is 0 Å². The summed E-state index contributed by atoms with van der Waals surface area (Å²) in [7, 11) is 0. The second-order valence-corrected chi connectivity index (χ2v) is 7.64. The Hall–Kier alpha value is -3.11. The van der Waals surface area contributed by atoms with Gasteiger partial charge in [0.1, 0.15) is 0 Å². The molecule has 0 bridgehead atoms. The lowest BCUT2D eigenvalue weighted by molar-refractivity contribution is -0.122. The third kappa shape index (κ3) is 4.24. The summed E-state index contributed by atoms with van der Waals surface area (Å²) in [5.74, 6) is -0.0101. The van der Waals surface area contributed by atoms with E-state index in [4.69, 9.17) is 4.99 Å². The summed E-state index contributed by atoms with van der Waals surface area (Å²) in [4.78, 5) is 20.3. The Bertz CT molecular complexity index is 1030. The quantitative estimate of drug-likeness (QED) is 0.533. The number of aliphatic imine (C=N–C) groups is 1. The number of para-hydroxylation sites is 1. The Morgan fingerprint density at radius 3 is 2.21 bits per heavy atom. The van der Waals surface area contributed by atoms with Crippen LogP contribution in [0.5, 0.6) is 0 Å². The molecule has 28 heavy (non-hydrogen) atoms. The van der Waals surface area contributed by atoms with E-state index in [1.54, 1.807) is 4.90 Å². The van der Waals surface area contributed by atoms with Gasteiger partial charge in [-0.25, -0.2) is 4.99 Å². The first-order valence-corrected chi connectivity index (χ1v) is 9.96. The van der Waals surface area contributed by atoms with Crippen LogP contribution in [0.15, 0.2) is 94.8 Å². The molecular weight excluding hydrogens is 364 g/mol. The van der Waals surface area contributed by atoms with Gasteiger partial charge < -0.3 is 0 Å². The van der Waals surface area contributed by atoms with Crippen LogP contribution in [-0.2, 0) is 11.3 Å². The second-order valence-electron chi connectivity index (χ2n) is 6.63. The van der Waals surface area contributed by atoms with E-state index in [2.05, 4.69) is 19.1 Å². The molecule has 3 nitrogen and oxygen atoms in total. The predicted molar refractivity (Wildman–Crippen MR) is 117 cm³/mol. The van der Waals surface area contributed by atoms with Gasteiger partial charge in [0.2, 0.25) is 0 Å². The van der Waals surface area contributed by atoms with Gasteiger partial charge in [-0.1, -0.05) is 78.4 Å². The number of carbonyl (C=O) groups is 1. The molecule has 3 aromatic carbocycles. The van der Waals surface area contributed by atoms with E-state index in [0.717, 1.165) is 16.8 Å². The van der Waals surface area contributed by atoms with Crippen LogP contribution in [0.2, 0.25) is 0 Å². The Balaban J connectivity index is 1.69. The molecule has 1 saturated heterocycles. The van der Waals surface area contributed by atoms with E-state index in [9.17, 15) is 4.79 Å². The molecule has 1 aliphatic heterocycles. The molecule has 0 atom stereocenters. The van der Waals surface area contributed by atoms with Crippen molar-refractivity contribution in [3.05, 3.63) is 107 Å². The molecular formula is C24H20N2OS. The molecule has 0 saturated carbocycles. The van der Waals surface area contributed by atoms with Crippen molar-refractivity contribution in [3.63, 3.8) is 0 Å². The molecule has 1 aliphatic rings. The number of hydrogen-bond donors (Lipinski definition) is 0. The predicted octanol–water partition coefficient (Wildman–Crippen LogP) is 5.80. The number of aryl methyl sites for hydroxylation is 1. The highest BCUT2D eigenvalue weighted by Crippen LogP contribution is 2.35. The molecule has 0 aliphatic carbocycles. The summed E-state index contributed by atoms with van der Waals surface area (Å²) in [6.07, 6.45) is 1.94. The van der Waals surface area contributed by atoms with Crippen molar-refractivity contribution in [2.24, 2.45) is 4.99 Å². The lowest BCUT2D eigenvalue weighted by Gasteiger charge is -2.15. The van der Waals surface area contributed by atoms with Crippen molar-refractivity contribution >= 4 is 34.6 Å². The van der Waals surface area contributed by atoms with Crippen LogP contribution in [0.25, 0.3) is 6.08 Å². The summed E-state index contributed by atoms with van der Waals surface area (Å²) in [6.45, 7) is 2.56. The fourth-order valence-corrected chi connectivity index (χ4v) is 3.92. The standard InChI is InChI=1S/C24H20N2OS/c1-18-12-14-19(15-13-18)16-22-23(27)26(17-20-8-4-2-5-9-20)24(28-22)25-21-10-6-3-7-11-21/h2-16H,17H2,1H3/b22-16-,25-24?. The first-order valence-electron chi connectivity index (χ1n) is 9.15. The molecule has 1 amide bonds. The largest absolute Gasteiger partial charge is 0.282 e. The molecule has 4 heteroatoms. The van der Waals surface area contributed by atoms with E-state index in [-0.39, 0.29) is 5.91 Å². The van der Waals surface area contributed by atoms with Crippen LogP contribution >= 0.6 is 11.8 Å². The van der Waals surface area contributed by atoms with Crippen LogP contribution in [0.3, 0.4) is 0 Å². The van der Waals surface area contributed by atoms with Gasteiger partial charge >= 0.3 is 0 Å². The van der Waals surface area contributed by atoms with E-state index >= 15 is 0 Å². The van der Waals surface area contributed by atoms with Crippen LogP contribution in [0, 0.1) is 6.92 Å². The van der Waals surface area contributed by atoms with Crippen LogP contribution < -0.4 is 0 Å². The van der Waals surface area contributed by atoms with Crippen molar-refractivity contribution in [2.45, 2.75) is 13.5 Å². The number of hydrogen-bond acceptors (Lipinski definition) is 3. The molecule has 1 fully saturated rings. The molecule has 4 rings (SSSR count). The van der Waals surface area contributed by atoms with Gasteiger partial charge in [-0.05, 0) is 48.0 Å². The molecule has 3 aromatic rings. The van der Waals surface area contributed by atoms with Gasteiger partial charge in [-0.3, -0.25) is 9.69 Å². The Morgan fingerprint density at radius 1 is 0.893 bits per heavy atom. The molecule has 0 radical (unpaired) electrons. The summed E-state index contributed by atoms with van der Waals surface area (Å²) in [6, 6.07) is 27.9. The number of thioether (sulfide) groups is 1. The minimum atomic E-state index is -0.0101. The zero-order valence-electron chi connectivity index (χ0n) is 15.6. The van der Waals surface area contributed by atoms with Gasteiger partial charge in [0.15, 0.2) is 5.17 Å². The van der Waals surface area contributed by atoms with Crippen molar-refractivity contribution in [2.75, 3.05) is 0 Å². The third-order valence-electron chi connectivity index (χ3n) is 4.43. The first kappa shape index (κ1) is 18.3. The van der Waals surface area contributed by atoms with Crippen molar-refractivity contribution in [1.82, 2.24) is 4.90 Å². The van der Waals surface area contributed by atoms with Gasteiger partial charge in [0, 0.05) is 0 Å². The van der Waals surface area contributed by atoms with Crippen LogP contribution in [0.4, 0.5) is 5.69 Å². The Labute approximate surface area is 169 Å². The number of benzene rings is 3. The van der Waals surface area contributed by atoms with Crippen molar-refractivity contribution < 1.29 is 4.79 Å². The Kier molecular flexibility index (Phi) is 5.40. The summed E-state index contributed by atoms with van der Waals surface area (Å²) >= 11 is 1.43. The summed E-state index contributed by atoms with van der Waals surface area (Å²) in [5, 5.41) is 0.707.